The molecule has 1 unspecified atom stereocenters. The van der Waals surface area contributed by atoms with Crippen LogP contribution in [-0.2, 0) is 23.1 Å². The first-order valence-corrected chi connectivity index (χ1v) is 7.95. The molecular weight excluding hydrogens is 294 g/mol. The molecular formula is C16H27N5O2. The smallest absolute Gasteiger partial charge is 0.311 e. The molecule has 1 atom stereocenters. The molecule has 0 aromatic carbocycles. The zero-order valence-electron chi connectivity index (χ0n) is 14.7. The van der Waals surface area contributed by atoms with E-state index in [-0.39, 0.29) is 11.9 Å². The highest BCUT2D eigenvalue weighted by molar-refractivity contribution is 5.82. The summed E-state index contributed by atoms with van der Waals surface area (Å²) in [6, 6.07) is 1.97. The summed E-state index contributed by atoms with van der Waals surface area (Å²) in [6.45, 7) is 7.77. The second kappa shape index (κ2) is 7.02. The summed E-state index contributed by atoms with van der Waals surface area (Å²) >= 11 is 0. The Morgan fingerprint density at radius 3 is 2.83 bits per heavy atom. The van der Waals surface area contributed by atoms with Gasteiger partial charge in [0.25, 0.3) is 0 Å². The van der Waals surface area contributed by atoms with Gasteiger partial charge in [-0.05, 0) is 33.3 Å². The van der Waals surface area contributed by atoms with Crippen LogP contribution in [0.1, 0.15) is 32.9 Å². The Hall–Kier alpha value is -2.05. The molecule has 23 heavy (non-hydrogen) atoms. The van der Waals surface area contributed by atoms with E-state index in [4.69, 9.17) is 4.74 Å². The lowest BCUT2D eigenvalue weighted by Crippen LogP contribution is -2.40. The van der Waals surface area contributed by atoms with E-state index >= 15 is 0 Å². The van der Waals surface area contributed by atoms with Crippen LogP contribution >= 0.6 is 0 Å². The van der Waals surface area contributed by atoms with Crippen molar-refractivity contribution >= 4 is 11.9 Å². The van der Waals surface area contributed by atoms with Crippen molar-refractivity contribution in [1.82, 2.24) is 20.0 Å². The van der Waals surface area contributed by atoms with E-state index in [9.17, 15) is 4.79 Å². The Kier molecular flexibility index (Phi) is 5.28. The number of aryl methyl sites for hydroxylation is 1. The van der Waals surface area contributed by atoms with Gasteiger partial charge in [0.05, 0.1) is 18.2 Å². The maximum atomic E-state index is 12.2. The number of nitrogens with zero attached hydrogens (tertiary/aromatic N) is 4. The summed E-state index contributed by atoms with van der Waals surface area (Å²) in [5, 5.41) is 7.47. The van der Waals surface area contributed by atoms with Gasteiger partial charge in [0, 0.05) is 33.4 Å². The summed E-state index contributed by atoms with van der Waals surface area (Å²) in [5.41, 5.74) is 0.637. The molecule has 1 fully saturated rings. The molecule has 1 aromatic rings. The SMILES string of the molecule is CN=C(NCc1ccnn1C)N1CCC(C(=O)OC(C)(C)C)C1. The van der Waals surface area contributed by atoms with Crippen LogP contribution < -0.4 is 5.32 Å². The number of guanidine groups is 1. The number of carbonyl (C=O) groups is 1. The van der Waals surface area contributed by atoms with Gasteiger partial charge < -0.3 is 15.0 Å². The topological polar surface area (TPSA) is 71.8 Å². The maximum absolute atomic E-state index is 12.2. The van der Waals surface area contributed by atoms with Crippen molar-refractivity contribution in [3.8, 4) is 0 Å². The van der Waals surface area contributed by atoms with E-state index in [1.807, 2.05) is 38.6 Å². The fourth-order valence-electron chi connectivity index (χ4n) is 2.61. The molecule has 7 nitrogen and oxygen atoms in total. The number of aromatic nitrogens is 2. The van der Waals surface area contributed by atoms with Crippen molar-refractivity contribution in [2.75, 3.05) is 20.1 Å². The van der Waals surface area contributed by atoms with E-state index in [1.165, 1.54) is 0 Å². The first-order valence-electron chi connectivity index (χ1n) is 7.95. The Morgan fingerprint density at radius 2 is 2.26 bits per heavy atom. The minimum absolute atomic E-state index is 0.0931. The summed E-state index contributed by atoms with van der Waals surface area (Å²) in [6.07, 6.45) is 2.56. The van der Waals surface area contributed by atoms with Crippen LogP contribution in [0, 0.1) is 5.92 Å². The van der Waals surface area contributed by atoms with E-state index in [0.717, 1.165) is 24.6 Å². The average molecular weight is 321 g/mol. The lowest BCUT2D eigenvalue weighted by atomic mass is 10.1. The van der Waals surface area contributed by atoms with E-state index < -0.39 is 5.60 Å². The van der Waals surface area contributed by atoms with Crippen LogP contribution in [0.3, 0.4) is 0 Å². The molecule has 2 heterocycles. The summed E-state index contributed by atoms with van der Waals surface area (Å²) in [7, 11) is 3.67. The Morgan fingerprint density at radius 1 is 1.52 bits per heavy atom. The monoisotopic (exact) mass is 321 g/mol. The number of esters is 1. The second-order valence-electron chi connectivity index (χ2n) is 6.81. The largest absolute Gasteiger partial charge is 0.460 e. The van der Waals surface area contributed by atoms with E-state index in [2.05, 4.69) is 20.3 Å². The standard InChI is InChI=1S/C16H27N5O2/c1-16(2,3)23-14(22)12-7-9-21(11-12)15(17-4)18-10-13-6-8-19-20(13)5/h6,8,12H,7,9-11H2,1-5H3,(H,17,18). The molecule has 0 spiro atoms. The molecule has 1 aromatic heterocycles. The van der Waals surface area contributed by atoms with Crippen LogP contribution in [0.2, 0.25) is 0 Å². The molecule has 0 radical (unpaired) electrons. The third-order valence-corrected chi connectivity index (χ3v) is 3.79. The molecule has 0 saturated carbocycles. The molecule has 1 aliphatic heterocycles. The van der Waals surface area contributed by atoms with Crippen molar-refractivity contribution in [2.45, 2.75) is 39.3 Å². The van der Waals surface area contributed by atoms with Gasteiger partial charge in [0.1, 0.15) is 5.60 Å². The van der Waals surface area contributed by atoms with Crippen molar-refractivity contribution in [3.63, 3.8) is 0 Å². The average Bonchev–Trinajstić information content (AvgIpc) is 3.08. The molecule has 128 valence electrons. The number of hydrogen-bond donors (Lipinski definition) is 1. The van der Waals surface area contributed by atoms with Crippen LogP contribution in [0.4, 0.5) is 0 Å². The lowest BCUT2D eigenvalue weighted by molar-refractivity contribution is -0.159. The Balaban J connectivity index is 1.89. The number of likely N-dealkylation sites (tertiary alicyclic amines) is 1. The van der Waals surface area contributed by atoms with E-state index in [0.29, 0.717) is 13.1 Å². The van der Waals surface area contributed by atoms with Gasteiger partial charge in [-0.1, -0.05) is 0 Å². The molecule has 0 aliphatic carbocycles. The summed E-state index contributed by atoms with van der Waals surface area (Å²) in [4.78, 5) is 18.6. The molecule has 1 N–H and O–H groups in total. The molecule has 0 amide bonds. The van der Waals surface area contributed by atoms with Crippen LogP contribution in [0.5, 0.6) is 0 Å². The quantitative estimate of drug-likeness (QED) is 0.514. The molecule has 1 aliphatic rings. The van der Waals surface area contributed by atoms with Crippen LogP contribution in [0.15, 0.2) is 17.3 Å². The second-order valence-corrected chi connectivity index (χ2v) is 6.81. The number of aliphatic imine (C=N–C) groups is 1. The minimum Gasteiger partial charge on any atom is -0.460 e. The van der Waals surface area contributed by atoms with Gasteiger partial charge in [0.15, 0.2) is 5.96 Å². The van der Waals surface area contributed by atoms with Crippen molar-refractivity contribution < 1.29 is 9.53 Å². The van der Waals surface area contributed by atoms with Crippen LogP contribution in [-0.4, -0.2) is 52.3 Å². The first-order chi connectivity index (χ1) is 10.8. The fraction of sp³-hybridized carbons (Fsp3) is 0.688. The highest BCUT2D eigenvalue weighted by Crippen LogP contribution is 2.20. The van der Waals surface area contributed by atoms with Crippen molar-refractivity contribution in [1.29, 1.82) is 0 Å². The predicted octanol–water partition coefficient (Wildman–Crippen LogP) is 1.16. The number of carbonyl (C=O) groups excluding carboxylic acids is 1. The van der Waals surface area contributed by atoms with Crippen LogP contribution in [0.25, 0.3) is 0 Å². The first kappa shape index (κ1) is 17.3. The third kappa shape index (κ3) is 4.71. The molecule has 7 heteroatoms. The predicted molar refractivity (Wildman–Crippen MR) is 88.9 cm³/mol. The fourth-order valence-corrected chi connectivity index (χ4v) is 2.61. The highest BCUT2D eigenvalue weighted by Gasteiger charge is 2.33. The van der Waals surface area contributed by atoms with E-state index in [1.54, 1.807) is 13.2 Å². The molecule has 0 bridgehead atoms. The zero-order chi connectivity index (χ0) is 17.0. The van der Waals surface area contributed by atoms with Crippen molar-refractivity contribution in [3.05, 3.63) is 18.0 Å². The Bertz CT molecular complexity index is 573. The number of ether oxygens (including phenoxy) is 1. The van der Waals surface area contributed by atoms with Gasteiger partial charge in [-0.15, -0.1) is 0 Å². The lowest BCUT2D eigenvalue weighted by Gasteiger charge is -2.23. The molecule has 1 saturated heterocycles. The summed E-state index contributed by atoms with van der Waals surface area (Å²) < 4.78 is 7.31. The Labute approximate surface area is 137 Å². The van der Waals surface area contributed by atoms with Crippen molar-refractivity contribution in [2.24, 2.45) is 18.0 Å². The number of rotatable bonds is 3. The highest BCUT2D eigenvalue weighted by atomic mass is 16.6. The zero-order valence-corrected chi connectivity index (χ0v) is 14.7. The maximum Gasteiger partial charge on any atom is 0.311 e. The minimum atomic E-state index is -0.441. The third-order valence-electron chi connectivity index (χ3n) is 3.79. The number of hydrogen-bond acceptors (Lipinski definition) is 4. The van der Waals surface area contributed by atoms with Gasteiger partial charge in [-0.2, -0.15) is 5.10 Å². The normalized spacial score (nSPS) is 19.1. The number of nitrogens with one attached hydrogen (secondary N) is 1. The molecule has 2 rings (SSSR count). The van der Waals surface area contributed by atoms with Gasteiger partial charge >= 0.3 is 5.97 Å². The van der Waals surface area contributed by atoms with Gasteiger partial charge in [0.2, 0.25) is 0 Å². The summed E-state index contributed by atoms with van der Waals surface area (Å²) in [5.74, 6) is 0.587. The van der Waals surface area contributed by atoms with Gasteiger partial charge in [-0.3, -0.25) is 14.5 Å². The van der Waals surface area contributed by atoms with Gasteiger partial charge in [-0.25, -0.2) is 0 Å².